The molecule has 36 valence electrons. The Labute approximate surface area is 71.3 Å². The molecule has 7 heavy (non-hydrogen) atoms. The molecule has 0 spiro atoms. The van der Waals surface area contributed by atoms with Crippen LogP contribution in [0.25, 0.3) is 0 Å². The number of halogens is 1. The van der Waals surface area contributed by atoms with Crippen LogP contribution in [0, 0.1) is 6.58 Å². The number of hydrogen-bond donors (Lipinski definition) is 0. The average molecular weight is 171 g/mol. The molecule has 0 saturated heterocycles. The van der Waals surface area contributed by atoms with E-state index < -0.39 is 0 Å². The van der Waals surface area contributed by atoms with E-state index in [1.165, 1.54) is 24.8 Å². The van der Waals surface area contributed by atoms with Gasteiger partial charge in [-0.05, 0) is 0 Å². The molecule has 0 aromatic heterocycles. The first-order valence-corrected chi connectivity index (χ1v) is 2.00. The normalized spacial score (nSPS) is 15.7. The molecule has 0 radical (unpaired) electrons. The van der Waals surface area contributed by atoms with Crippen molar-refractivity contribution in [2.24, 2.45) is 0 Å². The number of allylic oxidation sites excluding steroid dienone is 1. The average Bonchev–Trinajstić information content (AvgIpc) is 1.30. The van der Waals surface area contributed by atoms with Gasteiger partial charge < -0.3 is 23.6 Å². The molecule has 2 heteroatoms. The molecule has 0 atom stereocenters. The fourth-order valence-corrected chi connectivity index (χ4v) is 0.381. The molecular formula is C5H7BrMg. The van der Waals surface area contributed by atoms with Crippen molar-refractivity contribution in [3.8, 4) is 0 Å². The molecule has 1 fully saturated rings. The zero-order valence-corrected chi connectivity index (χ0v) is 7.28. The molecule has 0 N–H and O–H groups in total. The van der Waals surface area contributed by atoms with Crippen LogP contribution in [-0.2, 0) is 0 Å². The van der Waals surface area contributed by atoms with Crippen molar-refractivity contribution >= 4 is 23.1 Å². The minimum atomic E-state index is 0. The standard InChI is InChI=1S/C5H7.BrH.Mg/c1-5-3-2-4-5;;/h1H,2-4H2;1H;/q-1;;+2/p-1. The Balaban J connectivity index is 0. The van der Waals surface area contributed by atoms with Gasteiger partial charge in [0, 0.05) is 0 Å². The zero-order chi connectivity index (χ0) is 3.70. The maximum Gasteiger partial charge on any atom is 2.00 e. The molecule has 1 saturated carbocycles. The second-order valence-electron chi connectivity index (χ2n) is 1.51. The Kier molecular flexibility index (Phi) is 7.97. The fraction of sp³-hybridized carbons (Fsp3) is 0.600. The molecular weight excluding hydrogens is 164 g/mol. The van der Waals surface area contributed by atoms with Crippen molar-refractivity contribution in [2.45, 2.75) is 19.3 Å². The van der Waals surface area contributed by atoms with Crippen molar-refractivity contribution in [2.75, 3.05) is 0 Å². The smallest absolute Gasteiger partial charge is 1.00 e. The van der Waals surface area contributed by atoms with Gasteiger partial charge in [0.25, 0.3) is 0 Å². The van der Waals surface area contributed by atoms with Gasteiger partial charge in [-0.2, -0.15) is 0 Å². The second kappa shape index (κ2) is 5.13. The van der Waals surface area contributed by atoms with Crippen LogP contribution in [0.5, 0.6) is 0 Å². The number of rotatable bonds is 0. The Bertz CT molecular complexity index is 55.1. The van der Waals surface area contributed by atoms with Gasteiger partial charge in [0.1, 0.15) is 0 Å². The topological polar surface area (TPSA) is 0 Å². The third-order valence-corrected chi connectivity index (χ3v) is 0.996. The first-order chi connectivity index (χ1) is 2.39. The van der Waals surface area contributed by atoms with Crippen molar-refractivity contribution in [1.82, 2.24) is 0 Å². The monoisotopic (exact) mass is 170 g/mol. The van der Waals surface area contributed by atoms with Crippen molar-refractivity contribution < 1.29 is 17.0 Å². The maximum absolute atomic E-state index is 5.30. The van der Waals surface area contributed by atoms with Crippen molar-refractivity contribution in [3.05, 3.63) is 12.2 Å². The Morgan fingerprint density at radius 2 is 1.57 bits per heavy atom. The summed E-state index contributed by atoms with van der Waals surface area (Å²) in [5, 5.41) is 0. The van der Waals surface area contributed by atoms with Gasteiger partial charge >= 0.3 is 23.1 Å². The van der Waals surface area contributed by atoms with Crippen LogP contribution in [0.3, 0.4) is 0 Å². The summed E-state index contributed by atoms with van der Waals surface area (Å²) in [5.41, 5.74) is 1.19. The van der Waals surface area contributed by atoms with Gasteiger partial charge in [0.05, 0.1) is 0 Å². The van der Waals surface area contributed by atoms with Crippen LogP contribution < -0.4 is 17.0 Å². The molecule has 1 rings (SSSR count). The van der Waals surface area contributed by atoms with Gasteiger partial charge in [0.2, 0.25) is 0 Å². The first-order valence-electron chi connectivity index (χ1n) is 2.00. The van der Waals surface area contributed by atoms with Gasteiger partial charge in [-0.15, -0.1) is 0 Å². The molecule has 0 bridgehead atoms. The Morgan fingerprint density at radius 3 is 1.57 bits per heavy atom. The first kappa shape index (κ1) is 10.9. The minimum Gasteiger partial charge on any atom is -1.00 e. The number of hydrogen-bond acceptors (Lipinski definition) is 0. The summed E-state index contributed by atoms with van der Waals surface area (Å²) in [7, 11) is 0. The second-order valence-corrected chi connectivity index (χ2v) is 1.51. The largest absolute Gasteiger partial charge is 2.00 e. The quantitative estimate of drug-likeness (QED) is 0.297. The van der Waals surface area contributed by atoms with E-state index >= 15 is 0 Å². The summed E-state index contributed by atoms with van der Waals surface area (Å²) in [6, 6.07) is 0. The van der Waals surface area contributed by atoms with E-state index in [4.69, 9.17) is 6.58 Å². The molecule has 0 aromatic rings. The summed E-state index contributed by atoms with van der Waals surface area (Å²) in [5.74, 6) is 0. The van der Waals surface area contributed by atoms with E-state index in [0.717, 1.165) is 0 Å². The van der Waals surface area contributed by atoms with E-state index in [-0.39, 0.29) is 40.0 Å². The van der Waals surface area contributed by atoms with Gasteiger partial charge in [-0.25, -0.2) is 0 Å². The Hall–Kier alpha value is 0.986. The summed E-state index contributed by atoms with van der Waals surface area (Å²) < 4.78 is 0. The van der Waals surface area contributed by atoms with E-state index in [9.17, 15) is 0 Å². The third-order valence-electron chi connectivity index (χ3n) is 0.996. The van der Waals surface area contributed by atoms with Crippen LogP contribution >= 0.6 is 0 Å². The molecule has 0 amide bonds. The van der Waals surface area contributed by atoms with Crippen molar-refractivity contribution in [3.63, 3.8) is 0 Å². The predicted octanol–water partition coefficient (Wildman–Crippen LogP) is -1.85. The third kappa shape index (κ3) is 3.56. The van der Waals surface area contributed by atoms with Crippen LogP contribution in [0.4, 0.5) is 0 Å². The molecule has 0 heterocycles. The van der Waals surface area contributed by atoms with Gasteiger partial charge in [-0.1, -0.05) is 19.3 Å². The predicted molar refractivity (Wildman–Crippen MR) is 27.4 cm³/mol. The fourth-order valence-electron chi connectivity index (χ4n) is 0.381. The maximum atomic E-state index is 5.30. The summed E-state index contributed by atoms with van der Waals surface area (Å²) in [6.07, 6.45) is 3.69. The molecule has 0 nitrogen and oxygen atoms in total. The molecule has 1 aliphatic rings. The molecule has 0 aliphatic heterocycles. The van der Waals surface area contributed by atoms with Gasteiger partial charge in [0.15, 0.2) is 0 Å². The van der Waals surface area contributed by atoms with E-state index in [1.54, 1.807) is 0 Å². The van der Waals surface area contributed by atoms with Gasteiger partial charge in [-0.3, -0.25) is 5.57 Å². The molecule has 0 unspecified atom stereocenters. The van der Waals surface area contributed by atoms with Crippen molar-refractivity contribution in [1.29, 1.82) is 0 Å². The summed E-state index contributed by atoms with van der Waals surface area (Å²) >= 11 is 0. The zero-order valence-electron chi connectivity index (χ0n) is 4.28. The van der Waals surface area contributed by atoms with Crippen LogP contribution in [0.2, 0.25) is 0 Å². The van der Waals surface area contributed by atoms with Crippen LogP contribution in [0.15, 0.2) is 5.57 Å². The molecule has 0 aromatic carbocycles. The Morgan fingerprint density at radius 1 is 1.29 bits per heavy atom. The molecule has 1 aliphatic carbocycles. The van der Waals surface area contributed by atoms with E-state index in [0.29, 0.717) is 0 Å². The summed E-state index contributed by atoms with van der Waals surface area (Å²) in [4.78, 5) is 0. The van der Waals surface area contributed by atoms with Crippen LogP contribution in [0.1, 0.15) is 19.3 Å². The summed E-state index contributed by atoms with van der Waals surface area (Å²) in [6.45, 7) is 5.30. The van der Waals surface area contributed by atoms with Crippen LogP contribution in [-0.4, -0.2) is 23.1 Å². The minimum absolute atomic E-state index is 0. The SMILES string of the molecule is [Br-].[CH-]=C1CCC1.[Mg+2]. The van der Waals surface area contributed by atoms with E-state index in [1.807, 2.05) is 0 Å². The van der Waals surface area contributed by atoms with E-state index in [2.05, 4.69) is 0 Å².